The van der Waals surface area contributed by atoms with Crippen LogP contribution in [-0.2, 0) is 31.5 Å². The van der Waals surface area contributed by atoms with Gasteiger partial charge in [-0.2, -0.15) is 4.98 Å². The SMILES string of the molecule is CCOP(C)(=O)C(Cc1nc(CCCCCCC(C)C)no1)C(=O)OC(C)(C)C. The molecule has 0 aliphatic rings. The summed E-state index contributed by atoms with van der Waals surface area (Å²) >= 11 is 0. The van der Waals surface area contributed by atoms with E-state index in [-0.39, 0.29) is 18.9 Å². The summed E-state index contributed by atoms with van der Waals surface area (Å²) in [6.07, 6.45) is 6.62. The second-order valence-corrected chi connectivity index (χ2v) is 11.7. The van der Waals surface area contributed by atoms with Gasteiger partial charge in [0, 0.05) is 19.5 Å². The molecule has 2 unspecified atom stereocenters. The lowest BCUT2D eigenvalue weighted by atomic mass is 10.0. The Bertz CT molecular complexity index is 666. The standard InChI is InChI=1S/C21H39N2O5P/c1-8-26-29(7,25)17(20(24)27-21(4,5)6)15-19-22-18(23-28-19)14-12-10-9-11-13-16(2)3/h16-17H,8-15H2,1-7H3. The zero-order valence-corrected chi connectivity index (χ0v) is 20.1. The first-order valence-electron chi connectivity index (χ1n) is 10.7. The van der Waals surface area contributed by atoms with Crippen molar-refractivity contribution in [1.82, 2.24) is 10.1 Å². The molecule has 0 aliphatic heterocycles. The minimum atomic E-state index is -3.25. The molecule has 0 N–H and O–H groups in total. The molecular formula is C21H39N2O5P. The lowest BCUT2D eigenvalue weighted by molar-refractivity contribution is -0.154. The number of rotatable bonds is 13. The van der Waals surface area contributed by atoms with E-state index in [1.165, 1.54) is 25.9 Å². The van der Waals surface area contributed by atoms with Crippen LogP contribution in [0.15, 0.2) is 4.52 Å². The fraction of sp³-hybridized carbons (Fsp3) is 0.857. The van der Waals surface area contributed by atoms with E-state index in [2.05, 4.69) is 24.0 Å². The van der Waals surface area contributed by atoms with Crippen molar-refractivity contribution in [2.75, 3.05) is 13.3 Å². The molecule has 0 radical (unpaired) electrons. The Hall–Kier alpha value is -1.20. The van der Waals surface area contributed by atoms with E-state index in [9.17, 15) is 9.36 Å². The van der Waals surface area contributed by atoms with Crippen LogP contribution in [0, 0.1) is 5.92 Å². The number of ether oxygens (including phenoxy) is 1. The first-order valence-corrected chi connectivity index (χ1v) is 12.8. The second-order valence-electron chi connectivity index (χ2n) is 9.03. The molecule has 1 heterocycles. The smallest absolute Gasteiger partial charge is 0.319 e. The number of hydrogen-bond donors (Lipinski definition) is 0. The van der Waals surface area contributed by atoms with Gasteiger partial charge in [0.25, 0.3) is 0 Å². The van der Waals surface area contributed by atoms with Gasteiger partial charge in [0.15, 0.2) is 5.82 Å². The van der Waals surface area contributed by atoms with Crippen LogP contribution in [0.5, 0.6) is 0 Å². The summed E-state index contributed by atoms with van der Waals surface area (Å²) in [4.78, 5) is 17.0. The Morgan fingerprint density at radius 3 is 2.41 bits per heavy atom. The van der Waals surface area contributed by atoms with E-state index in [0.29, 0.717) is 5.82 Å². The Morgan fingerprint density at radius 2 is 1.83 bits per heavy atom. The summed E-state index contributed by atoms with van der Waals surface area (Å²) in [6, 6.07) is 0. The Balaban J connectivity index is 2.68. The molecule has 1 aromatic heterocycles. The lowest BCUT2D eigenvalue weighted by Crippen LogP contribution is -2.33. The van der Waals surface area contributed by atoms with Gasteiger partial charge < -0.3 is 13.8 Å². The van der Waals surface area contributed by atoms with Gasteiger partial charge in [0.05, 0.1) is 6.61 Å². The largest absolute Gasteiger partial charge is 0.459 e. The van der Waals surface area contributed by atoms with E-state index in [4.69, 9.17) is 13.8 Å². The van der Waals surface area contributed by atoms with Crippen LogP contribution in [0.4, 0.5) is 0 Å². The molecule has 1 aromatic rings. The second kappa shape index (κ2) is 11.8. The molecule has 29 heavy (non-hydrogen) atoms. The van der Waals surface area contributed by atoms with Gasteiger partial charge >= 0.3 is 5.97 Å². The Kier molecular flexibility index (Phi) is 10.6. The number of carbonyl (C=O) groups excluding carboxylic acids is 1. The molecule has 8 heteroatoms. The van der Waals surface area contributed by atoms with Crippen LogP contribution in [-0.4, -0.2) is 40.6 Å². The third-order valence-corrected chi connectivity index (χ3v) is 6.74. The maximum atomic E-state index is 13.0. The molecule has 1 rings (SSSR count). The summed E-state index contributed by atoms with van der Waals surface area (Å²) in [5.41, 5.74) is -1.65. The lowest BCUT2D eigenvalue weighted by Gasteiger charge is -2.26. The quantitative estimate of drug-likeness (QED) is 0.234. The molecule has 0 aliphatic carbocycles. The minimum absolute atomic E-state index is 0.0457. The molecule has 7 nitrogen and oxygen atoms in total. The summed E-state index contributed by atoms with van der Waals surface area (Å²) < 4.78 is 29.1. The Morgan fingerprint density at radius 1 is 1.17 bits per heavy atom. The first-order chi connectivity index (χ1) is 13.4. The van der Waals surface area contributed by atoms with Crippen molar-refractivity contribution in [2.24, 2.45) is 5.92 Å². The third-order valence-electron chi connectivity index (χ3n) is 4.44. The van der Waals surface area contributed by atoms with Gasteiger partial charge in [-0.05, 0) is 40.0 Å². The fourth-order valence-electron chi connectivity index (χ4n) is 2.99. The molecule has 168 valence electrons. The number of carbonyl (C=O) groups is 1. The molecule has 0 amide bonds. The number of aromatic nitrogens is 2. The highest BCUT2D eigenvalue weighted by molar-refractivity contribution is 7.60. The van der Waals surface area contributed by atoms with Crippen LogP contribution in [0.25, 0.3) is 0 Å². The van der Waals surface area contributed by atoms with Gasteiger partial charge in [0.2, 0.25) is 13.3 Å². The summed E-state index contributed by atoms with van der Waals surface area (Å²) in [5.74, 6) is 1.09. The van der Waals surface area contributed by atoms with E-state index in [1.807, 2.05) is 0 Å². The number of unbranched alkanes of at least 4 members (excludes halogenated alkanes) is 3. The third kappa shape index (κ3) is 10.4. The monoisotopic (exact) mass is 430 g/mol. The van der Waals surface area contributed by atoms with E-state index < -0.39 is 24.6 Å². The van der Waals surface area contributed by atoms with Gasteiger partial charge in [-0.3, -0.25) is 9.36 Å². The van der Waals surface area contributed by atoms with E-state index in [1.54, 1.807) is 27.7 Å². The number of hydrogen-bond acceptors (Lipinski definition) is 7. The molecular weight excluding hydrogens is 391 g/mol. The zero-order valence-electron chi connectivity index (χ0n) is 19.2. The molecule has 0 saturated heterocycles. The maximum Gasteiger partial charge on any atom is 0.319 e. The van der Waals surface area contributed by atoms with Gasteiger partial charge in [0.1, 0.15) is 11.3 Å². The Labute approximate surface area is 175 Å². The predicted octanol–water partition coefficient (Wildman–Crippen LogP) is 5.42. The van der Waals surface area contributed by atoms with Gasteiger partial charge in [-0.15, -0.1) is 0 Å². The van der Waals surface area contributed by atoms with Crippen LogP contribution < -0.4 is 0 Å². The van der Waals surface area contributed by atoms with Gasteiger partial charge in [-0.1, -0.05) is 44.7 Å². The molecule has 2 atom stereocenters. The van der Waals surface area contributed by atoms with E-state index in [0.717, 1.165) is 25.2 Å². The highest BCUT2D eigenvalue weighted by Crippen LogP contribution is 2.50. The molecule has 0 saturated carbocycles. The molecule has 0 bridgehead atoms. The van der Waals surface area contributed by atoms with Crippen molar-refractivity contribution in [1.29, 1.82) is 0 Å². The van der Waals surface area contributed by atoms with Crippen molar-refractivity contribution in [3.05, 3.63) is 11.7 Å². The minimum Gasteiger partial charge on any atom is -0.459 e. The number of nitrogens with zero attached hydrogens (tertiary/aromatic N) is 2. The van der Waals surface area contributed by atoms with Crippen LogP contribution in [0.2, 0.25) is 0 Å². The van der Waals surface area contributed by atoms with Crippen molar-refractivity contribution in [3.63, 3.8) is 0 Å². The topological polar surface area (TPSA) is 91.5 Å². The summed E-state index contributed by atoms with van der Waals surface area (Å²) in [6.45, 7) is 13.3. The highest BCUT2D eigenvalue weighted by Gasteiger charge is 2.40. The number of esters is 1. The summed E-state index contributed by atoms with van der Waals surface area (Å²) in [5, 5.41) is 4.01. The van der Waals surface area contributed by atoms with Gasteiger partial charge in [-0.25, -0.2) is 0 Å². The van der Waals surface area contributed by atoms with Crippen LogP contribution in [0.3, 0.4) is 0 Å². The highest BCUT2D eigenvalue weighted by atomic mass is 31.2. The van der Waals surface area contributed by atoms with Crippen molar-refractivity contribution < 1.29 is 23.1 Å². The van der Waals surface area contributed by atoms with Crippen molar-refractivity contribution in [2.45, 2.75) is 97.7 Å². The maximum absolute atomic E-state index is 13.0. The predicted molar refractivity (Wildman–Crippen MR) is 114 cm³/mol. The van der Waals surface area contributed by atoms with E-state index >= 15 is 0 Å². The molecule has 0 fully saturated rings. The average molecular weight is 431 g/mol. The van der Waals surface area contributed by atoms with Crippen LogP contribution in [0.1, 0.15) is 85.4 Å². The van der Waals surface area contributed by atoms with Crippen molar-refractivity contribution in [3.8, 4) is 0 Å². The first kappa shape index (κ1) is 25.8. The normalized spacial score (nSPS) is 15.3. The van der Waals surface area contributed by atoms with Crippen LogP contribution >= 0.6 is 7.37 Å². The fourth-order valence-corrected chi connectivity index (χ4v) is 4.60. The average Bonchev–Trinajstić information content (AvgIpc) is 3.01. The molecule has 0 spiro atoms. The molecule has 0 aromatic carbocycles. The zero-order chi connectivity index (χ0) is 22.1. The summed E-state index contributed by atoms with van der Waals surface area (Å²) in [7, 11) is -3.25. The number of aryl methyl sites for hydroxylation is 1. The van der Waals surface area contributed by atoms with Crippen molar-refractivity contribution >= 4 is 13.3 Å².